The lowest BCUT2D eigenvalue weighted by molar-refractivity contribution is 0.249. The summed E-state index contributed by atoms with van der Waals surface area (Å²) in [5.74, 6) is 2.08. The van der Waals surface area contributed by atoms with Crippen molar-refractivity contribution in [2.45, 2.75) is 19.4 Å². The van der Waals surface area contributed by atoms with Gasteiger partial charge in [-0.05, 0) is 24.8 Å². The molecule has 0 saturated heterocycles. The van der Waals surface area contributed by atoms with Gasteiger partial charge in [-0.1, -0.05) is 12.1 Å². The lowest BCUT2D eigenvalue weighted by Crippen LogP contribution is -2.03. The zero-order valence-corrected chi connectivity index (χ0v) is 8.90. The third-order valence-electron chi connectivity index (χ3n) is 2.61. The Morgan fingerprint density at radius 1 is 1.40 bits per heavy atom. The highest BCUT2D eigenvalue weighted by Crippen LogP contribution is 2.34. The quantitative estimate of drug-likeness (QED) is 0.804. The molecule has 0 atom stereocenters. The monoisotopic (exact) mass is 208 g/mol. The second kappa shape index (κ2) is 4.53. The lowest BCUT2D eigenvalue weighted by atomic mass is 10.2. The molecule has 1 aliphatic rings. The molecule has 0 aliphatic heterocycles. The van der Waals surface area contributed by atoms with Gasteiger partial charge in [0.25, 0.3) is 0 Å². The van der Waals surface area contributed by atoms with Crippen molar-refractivity contribution in [1.82, 2.24) is 0 Å². The third-order valence-corrected chi connectivity index (χ3v) is 2.61. The van der Waals surface area contributed by atoms with Gasteiger partial charge in [0.1, 0.15) is 0 Å². The van der Waals surface area contributed by atoms with Gasteiger partial charge in [0, 0.05) is 5.56 Å². The van der Waals surface area contributed by atoms with E-state index < -0.39 is 0 Å². The topological polar surface area (TPSA) is 38.7 Å². The van der Waals surface area contributed by atoms with Crippen molar-refractivity contribution in [1.29, 1.82) is 0 Å². The molecule has 0 bridgehead atoms. The largest absolute Gasteiger partial charge is 0.493 e. The molecule has 1 fully saturated rings. The van der Waals surface area contributed by atoms with Gasteiger partial charge in [0.15, 0.2) is 11.5 Å². The molecule has 82 valence electrons. The highest BCUT2D eigenvalue weighted by Gasteiger charge is 2.23. The number of aliphatic hydroxyl groups excluding tert-OH is 1. The first-order chi connectivity index (χ1) is 7.35. The highest BCUT2D eigenvalue weighted by molar-refractivity contribution is 5.46. The van der Waals surface area contributed by atoms with Gasteiger partial charge in [-0.2, -0.15) is 0 Å². The van der Waals surface area contributed by atoms with E-state index in [1.807, 2.05) is 18.2 Å². The van der Waals surface area contributed by atoms with Crippen molar-refractivity contribution in [3.63, 3.8) is 0 Å². The molecule has 1 aromatic carbocycles. The van der Waals surface area contributed by atoms with Crippen LogP contribution in [0.4, 0.5) is 0 Å². The van der Waals surface area contributed by atoms with Crippen molar-refractivity contribution < 1.29 is 14.6 Å². The molecule has 0 radical (unpaired) electrons. The van der Waals surface area contributed by atoms with Crippen LogP contribution in [0.15, 0.2) is 18.2 Å². The van der Waals surface area contributed by atoms with Crippen molar-refractivity contribution >= 4 is 0 Å². The van der Waals surface area contributed by atoms with E-state index in [2.05, 4.69) is 0 Å². The predicted octanol–water partition coefficient (Wildman–Crippen LogP) is 1.98. The van der Waals surface area contributed by atoms with Crippen LogP contribution < -0.4 is 9.47 Å². The Morgan fingerprint density at radius 2 is 2.20 bits per heavy atom. The molecule has 0 unspecified atom stereocenters. The molecule has 1 aromatic rings. The van der Waals surface area contributed by atoms with Gasteiger partial charge in [-0.15, -0.1) is 0 Å². The molecular weight excluding hydrogens is 192 g/mol. The summed E-state index contributed by atoms with van der Waals surface area (Å²) in [5, 5.41) is 9.18. The van der Waals surface area contributed by atoms with Gasteiger partial charge < -0.3 is 14.6 Å². The maximum Gasteiger partial charge on any atom is 0.166 e. The number of methoxy groups -OCH3 is 1. The highest BCUT2D eigenvalue weighted by atomic mass is 16.5. The molecule has 2 rings (SSSR count). The van der Waals surface area contributed by atoms with E-state index >= 15 is 0 Å². The van der Waals surface area contributed by atoms with Crippen LogP contribution in [-0.4, -0.2) is 18.8 Å². The average Bonchev–Trinajstić information content (AvgIpc) is 3.09. The van der Waals surface area contributed by atoms with Crippen LogP contribution in [0.2, 0.25) is 0 Å². The number of benzene rings is 1. The number of rotatable bonds is 5. The number of ether oxygens (including phenoxy) is 2. The second-order valence-electron chi connectivity index (χ2n) is 3.86. The number of hydrogen-bond acceptors (Lipinski definition) is 3. The Kier molecular flexibility index (Phi) is 3.11. The molecule has 1 N–H and O–H groups in total. The lowest BCUT2D eigenvalue weighted by Gasteiger charge is -2.13. The third kappa shape index (κ3) is 2.42. The van der Waals surface area contributed by atoms with Crippen LogP contribution in [0.1, 0.15) is 18.4 Å². The summed E-state index contributed by atoms with van der Waals surface area (Å²) >= 11 is 0. The smallest absolute Gasteiger partial charge is 0.166 e. The van der Waals surface area contributed by atoms with Gasteiger partial charge in [-0.3, -0.25) is 0 Å². The fourth-order valence-electron chi connectivity index (χ4n) is 1.50. The van der Waals surface area contributed by atoms with E-state index in [1.165, 1.54) is 12.8 Å². The first-order valence-electron chi connectivity index (χ1n) is 5.24. The molecule has 1 aliphatic carbocycles. The number of para-hydroxylation sites is 1. The normalized spacial score (nSPS) is 15.1. The molecule has 0 aromatic heterocycles. The summed E-state index contributed by atoms with van der Waals surface area (Å²) in [6.07, 6.45) is 2.51. The SMILES string of the molecule is COc1cccc(CO)c1OCC1CC1. The summed E-state index contributed by atoms with van der Waals surface area (Å²) in [6, 6.07) is 5.56. The molecule has 15 heavy (non-hydrogen) atoms. The van der Waals surface area contributed by atoms with Gasteiger partial charge in [0.2, 0.25) is 0 Å². The first-order valence-corrected chi connectivity index (χ1v) is 5.24. The van der Waals surface area contributed by atoms with Crippen molar-refractivity contribution in [3.8, 4) is 11.5 Å². The molecule has 3 nitrogen and oxygen atoms in total. The van der Waals surface area contributed by atoms with Crippen LogP contribution in [0.25, 0.3) is 0 Å². The van der Waals surface area contributed by atoms with Crippen molar-refractivity contribution in [2.75, 3.05) is 13.7 Å². The van der Waals surface area contributed by atoms with Crippen LogP contribution in [-0.2, 0) is 6.61 Å². The molecule has 0 amide bonds. The van der Waals surface area contributed by atoms with Crippen LogP contribution in [0.3, 0.4) is 0 Å². The van der Waals surface area contributed by atoms with Crippen molar-refractivity contribution in [2.24, 2.45) is 5.92 Å². The van der Waals surface area contributed by atoms with E-state index in [0.29, 0.717) is 17.4 Å². The summed E-state index contributed by atoms with van der Waals surface area (Å²) in [4.78, 5) is 0. The average molecular weight is 208 g/mol. The van der Waals surface area contributed by atoms with E-state index in [4.69, 9.17) is 9.47 Å². The summed E-state index contributed by atoms with van der Waals surface area (Å²) in [5.41, 5.74) is 0.787. The summed E-state index contributed by atoms with van der Waals surface area (Å²) in [6.45, 7) is 0.713. The van der Waals surface area contributed by atoms with Crippen LogP contribution in [0, 0.1) is 5.92 Å². The van der Waals surface area contributed by atoms with E-state index in [1.54, 1.807) is 7.11 Å². The fourth-order valence-corrected chi connectivity index (χ4v) is 1.50. The Morgan fingerprint density at radius 3 is 2.80 bits per heavy atom. The Bertz CT molecular complexity index is 309. The minimum absolute atomic E-state index is 0.0167. The molecule has 1 saturated carbocycles. The van der Waals surface area contributed by atoms with E-state index in [-0.39, 0.29) is 6.61 Å². The van der Waals surface area contributed by atoms with Crippen LogP contribution in [0.5, 0.6) is 11.5 Å². The summed E-state index contributed by atoms with van der Waals surface area (Å²) in [7, 11) is 1.61. The molecule has 3 heteroatoms. The molecule has 0 heterocycles. The standard InChI is InChI=1S/C12H16O3/c1-14-11-4-2-3-10(7-13)12(11)15-8-9-5-6-9/h2-4,9,13H,5-8H2,1H3. The fraction of sp³-hybridized carbons (Fsp3) is 0.500. The minimum Gasteiger partial charge on any atom is -0.493 e. The Balaban J connectivity index is 2.15. The van der Waals surface area contributed by atoms with E-state index in [9.17, 15) is 5.11 Å². The van der Waals surface area contributed by atoms with Gasteiger partial charge in [-0.25, -0.2) is 0 Å². The van der Waals surface area contributed by atoms with E-state index in [0.717, 1.165) is 12.2 Å². The maximum atomic E-state index is 9.18. The Labute approximate surface area is 89.6 Å². The van der Waals surface area contributed by atoms with Crippen molar-refractivity contribution in [3.05, 3.63) is 23.8 Å². The predicted molar refractivity (Wildman–Crippen MR) is 57.1 cm³/mol. The second-order valence-corrected chi connectivity index (χ2v) is 3.86. The molecular formula is C12H16O3. The minimum atomic E-state index is -0.0167. The maximum absolute atomic E-state index is 9.18. The van der Waals surface area contributed by atoms with Gasteiger partial charge in [0.05, 0.1) is 20.3 Å². The first kappa shape index (κ1) is 10.3. The number of hydrogen-bond donors (Lipinski definition) is 1. The summed E-state index contributed by atoms with van der Waals surface area (Å²) < 4.78 is 10.9. The zero-order valence-electron chi connectivity index (χ0n) is 8.90. The molecule has 0 spiro atoms. The van der Waals surface area contributed by atoms with Gasteiger partial charge >= 0.3 is 0 Å². The number of aliphatic hydroxyl groups is 1. The van der Waals surface area contributed by atoms with Crippen LogP contribution >= 0.6 is 0 Å². The zero-order chi connectivity index (χ0) is 10.7. The Hall–Kier alpha value is -1.22.